The van der Waals surface area contributed by atoms with Crippen molar-refractivity contribution < 1.29 is 28.6 Å². The van der Waals surface area contributed by atoms with Crippen molar-refractivity contribution in [3.63, 3.8) is 0 Å². The zero-order valence-corrected chi connectivity index (χ0v) is 34.4. The summed E-state index contributed by atoms with van der Waals surface area (Å²) in [6.07, 6.45) is 39.8. The van der Waals surface area contributed by atoms with Crippen molar-refractivity contribution in [2.24, 2.45) is 0 Å². The fraction of sp³-hybridized carbons (Fsp3) is 0.841. The van der Waals surface area contributed by atoms with Gasteiger partial charge in [0.15, 0.2) is 6.10 Å². The van der Waals surface area contributed by atoms with Gasteiger partial charge in [-0.15, -0.1) is 0 Å². The number of hydrogen-bond acceptors (Lipinski definition) is 7. The maximum atomic E-state index is 12.6. The molecule has 0 spiro atoms. The largest absolute Gasteiger partial charge is 0.462 e. The highest BCUT2D eigenvalue weighted by Crippen LogP contribution is 2.13. The van der Waals surface area contributed by atoms with Gasteiger partial charge in [0.05, 0.1) is 6.54 Å². The third kappa shape index (κ3) is 38.9. The number of rotatable bonds is 38. The number of nitrogens with one attached hydrogen (secondary N) is 1. The van der Waals surface area contributed by atoms with E-state index in [2.05, 4.69) is 43.5 Å². The van der Waals surface area contributed by atoms with Crippen molar-refractivity contribution in [2.75, 3.05) is 40.4 Å². The average Bonchev–Trinajstić information content (AvgIpc) is 3.12. The number of carbonyl (C=O) groups excluding carboxylic acids is 3. The Morgan fingerprint density at radius 1 is 0.538 bits per heavy atom. The SMILES string of the molecule is CCCCCCCC/C=C\CCCCCCCC(=O)OCC(CNC(=O)OCCN(C)C)OC(=O)CCCCCCC/C=C\CCCCCCCC. The number of esters is 2. The van der Waals surface area contributed by atoms with Crippen LogP contribution in [0.1, 0.15) is 194 Å². The van der Waals surface area contributed by atoms with E-state index in [1.54, 1.807) is 0 Å². The maximum absolute atomic E-state index is 12.6. The number of hydrogen-bond donors (Lipinski definition) is 1. The van der Waals surface area contributed by atoms with Crippen LogP contribution in [0, 0.1) is 0 Å². The second-order valence-electron chi connectivity index (χ2n) is 14.8. The van der Waals surface area contributed by atoms with Crippen LogP contribution in [0.2, 0.25) is 0 Å². The summed E-state index contributed by atoms with van der Waals surface area (Å²) in [7, 11) is 3.80. The predicted octanol–water partition coefficient (Wildman–Crippen LogP) is 11.8. The first kappa shape index (κ1) is 49.6. The van der Waals surface area contributed by atoms with Crippen LogP contribution in [0.3, 0.4) is 0 Å². The highest BCUT2D eigenvalue weighted by molar-refractivity contribution is 5.70. The summed E-state index contributed by atoms with van der Waals surface area (Å²) < 4.78 is 16.3. The van der Waals surface area contributed by atoms with Gasteiger partial charge in [-0.1, -0.05) is 141 Å². The van der Waals surface area contributed by atoms with Crippen molar-refractivity contribution in [1.82, 2.24) is 10.2 Å². The first-order chi connectivity index (χ1) is 25.4. The summed E-state index contributed by atoms with van der Waals surface area (Å²) in [5.41, 5.74) is 0. The van der Waals surface area contributed by atoms with Crippen LogP contribution < -0.4 is 5.32 Å². The number of likely N-dealkylation sites (N-methyl/N-ethyl adjacent to an activating group) is 1. The van der Waals surface area contributed by atoms with Gasteiger partial charge in [0, 0.05) is 19.4 Å². The molecule has 0 aromatic carbocycles. The molecule has 52 heavy (non-hydrogen) atoms. The Bertz CT molecular complexity index is 875. The number of ether oxygens (including phenoxy) is 3. The second-order valence-corrected chi connectivity index (χ2v) is 14.8. The van der Waals surface area contributed by atoms with Crippen LogP contribution in [0.15, 0.2) is 24.3 Å². The van der Waals surface area contributed by atoms with Crippen LogP contribution in [-0.4, -0.2) is 69.4 Å². The molecule has 1 N–H and O–H groups in total. The van der Waals surface area contributed by atoms with Crippen molar-refractivity contribution >= 4 is 18.0 Å². The molecule has 304 valence electrons. The van der Waals surface area contributed by atoms with E-state index < -0.39 is 12.2 Å². The number of unbranched alkanes of at least 4 members (excludes halogenated alkanes) is 22. The van der Waals surface area contributed by atoms with Gasteiger partial charge in [0.1, 0.15) is 13.2 Å². The van der Waals surface area contributed by atoms with Gasteiger partial charge in [-0.2, -0.15) is 0 Å². The molecule has 8 heteroatoms. The van der Waals surface area contributed by atoms with E-state index >= 15 is 0 Å². The fourth-order valence-electron chi connectivity index (χ4n) is 5.89. The van der Waals surface area contributed by atoms with Gasteiger partial charge in [-0.25, -0.2) is 4.79 Å². The molecule has 0 saturated carbocycles. The molecule has 0 saturated heterocycles. The Morgan fingerprint density at radius 3 is 1.38 bits per heavy atom. The van der Waals surface area contributed by atoms with E-state index in [0.717, 1.165) is 57.8 Å². The van der Waals surface area contributed by atoms with E-state index in [-0.39, 0.29) is 31.7 Å². The summed E-state index contributed by atoms with van der Waals surface area (Å²) in [6, 6.07) is 0. The van der Waals surface area contributed by atoms with E-state index in [1.807, 2.05) is 19.0 Å². The normalized spacial score (nSPS) is 12.2. The number of amides is 1. The Morgan fingerprint density at radius 2 is 0.942 bits per heavy atom. The quantitative estimate of drug-likeness (QED) is 0.0292. The van der Waals surface area contributed by atoms with Gasteiger partial charge < -0.3 is 24.4 Å². The smallest absolute Gasteiger partial charge is 0.407 e. The first-order valence-corrected chi connectivity index (χ1v) is 21.6. The molecule has 0 heterocycles. The highest BCUT2D eigenvalue weighted by Gasteiger charge is 2.18. The van der Waals surface area contributed by atoms with E-state index in [1.165, 1.54) is 109 Å². The molecule has 1 unspecified atom stereocenters. The van der Waals surface area contributed by atoms with E-state index in [0.29, 0.717) is 19.4 Å². The summed E-state index contributed by atoms with van der Waals surface area (Å²) >= 11 is 0. The third-order valence-electron chi connectivity index (χ3n) is 9.26. The molecule has 0 aliphatic rings. The monoisotopic (exact) mass is 735 g/mol. The van der Waals surface area contributed by atoms with Crippen molar-refractivity contribution in [3.8, 4) is 0 Å². The molecule has 0 rings (SSSR count). The molecule has 0 aliphatic heterocycles. The molecule has 0 aromatic heterocycles. The lowest BCUT2D eigenvalue weighted by molar-refractivity contribution is -0.158. The molecule has 8 nitrogen and oxygen atoms in total. The third-order valence-corrected chi connectivity index (χ3v) is 9.26. The lowest BCUT2D eigenvalue weighted by atomic mass is 10.1. The number of allylic oxidation sites excluding steroid dienone is 4. The van der Waals surface area contributed by atoms with Gasteiger partial charge in [-0.05, 0) is 78.3 Å². The standard InChI is InChI=1S/C44H82N2O6/c1-5-7-9-11-13-15-17-19-21-23-25-27-29-31-33-35-42(47)51-40-41(39-45-44(49)50-38-37-46(3)4)52-43(48)36-34-32-30-28-26-24-22-20-18-16-14-12-10-8-6-2/h19-22,41H,5-18,23-40H2,1-4H3,(H,45,49)/b21-19-,22-20-. The molecular formula is C44H82N2O6. The maximum Gasteiger partial charge on any atom is 0.407 e. The average molecular weight is 735 g/mol. The first-order valence-electron chi connectivity index (χ1n) is 21.6. The minimum atomic E-state index is -0.755. The van der Waals surface area contributed by atoms with E-state index in [9.17, 15) is 14.4 Å². The van der Waals surface area contributed by atoms with Crippen LogP contribution in [0.25, 0.3) is 0 Å². The highest BCUT2D eigenvalue weighted by atomic mass is 16.6. The lowest BCUT2D eigenvalue weighted by Crippen LogP contribution is -2.39. The lowest BCUT2D eigenvalue weighted by Gasteiger charge is -2.19. The predicted molar refractivity (Wildman–Crippen MR) is 218 cm³/mol. The molecular weight excluding hydrogens is 652 g/mol. The zero-order chi connectivity index (χ0) is 38.2. The van der Waals surface area contributed by atoms with Crippen molar-refractivity contribution in [2.45, 2.75) is 200 Å². The zero-order valence-electron chi connectivity index (χ0n) is 34.4. The minimum absolute atomic E-state index is 0.0274. The Hall–Kier alpha value is -2.35. The topological polar surface area (TPSA) is 94.2 Å². The Labute approximate surface area is 320 Å². The minimum Gasteiger partial charge on any atom is -0.462 e. The van der Waals surface area contributed by atoms with Gasteiger partial charge >= 0.3 is 18.0 Å². The number of carbonyl (C=O) groups is 3. The number of nitrogens with zero attached hydrogens (tertiary/aromatic N) is 1. The summed E-state index contributed by atoms with van der Waals surface area (Å²) in [6.45, 7) is 5.32. The second kappa shape index (κ2) is 39.8. The van der Waals surface area contributed by atoms with Gasteiger partial charge in [0.2, 0.25) is 0 Å². The Kier molecular flexibility index (Phi) is 38.0. The van der Waals surface area contributed by atoms with Gasteiger partial charge in [0.25, 0.3) is 0 Å². The summed E-state index contributed by atoms with van der Waals surface area (Å²) in [5, 5.41) is 2.65. The van der Waals surface area contributed by atoms with Crippen LogP contribution in [-0.2, 0) is 23.8 Å². The van der Waals surface area contributed by atoms with E-state index in [4.69, 9.17) is 14.2 Å². The molecule has 0 aliphatic carbocycles. The molecule has 0 fully saturated rings. The van der Waals surface area contributed by atoms with Gasteiger partial charge in [-0.3, -0.25) is 9.59 Å². The van der Waals surface area contributed by atoms with Crippen LogP contribution in [0.5, 0.6) is 0 Å². The fourth-order valence-corrected chi connectivity index (χ4v) is 5.89. The Balaban J connectivity index is 4.21. The van der Waals surface area contributed by atoms with Crippen LogP contribution >= 0.6 is 0 Å². The number of alkyl carbamates (subject to hydrolysis) is 1. The van der Waals surface area contributed by atoms with Crippen LogP contribution in [0.4, 0.5) is 4.79 Å². The molecule has 0 aromatic rings. The molecule has 1 amide bonds. The molecule has 0 bridgehead atoms. The molecule has 0 radical (unpaired) electrons. The van der Waals surface area contributed by atoms with Crippen molar-refractivity contribution in [1.29, 1.82) is 0 Å². The summed E-state index contributed by atoms with van der Waals surface area (Å²) in [5.74, 6) is -0.636. The summed E-state index contributed by atoms with van der Waals surface area (Å²) in [4.78, 5) is 39.1. The van der Waals surface area contributed by atoms with Crippen molar-refractivity contribution in [3.05, 3.63) is 24.3 Å². The molecule has 1 atom stereocenters.